The predicted molar refractivity (Wildman–Crippen MR) is 99.1 cm³/mol. The Bertz CT molecular complexity index is 831. The molecule has 0 atom stereocenters. The zero-order chi connectivity index (χ0) is 19.7. The third-order valence-electron chi connectivity index (χ3n) is 5.24. The summed E-state index contributed by atoms with van der Waals surface area (Å²) in [5.41, 5.74) is -0.444. The number of fused-ring (bicyclic) bond motifs is 1. The van der Waals surface area contributed by atoms with Crippen LogP contribution in [0.15, 0.2) is 29.2 Å². The van der Waals surface area contributed by atoms with Crippen molar-refractivity contribution in [3.8, 4) is 5.75 Å². The molecule has 0 unspecified atom stereocenters. The van der Waals surface area contributed by atoms with Gasteiger partial charge in [0.25, 0.3) is 0 Å². The van der Waals surface area contributed by atoms with Crippen LogP contribution in [0.3, 0.4) is 0 Å². The highest BCUT2D eigenvalue weighted by atomic mass is 32.2. The number of amides is 2. The lowest BCUT2D eigenvalue weighted by atomic mass is 9.79. The summed E-state index contributed by atoms with van der Waals surface area (Å²) < 4.78 is 33.5. The SMILES string of the molecule is CNC(=O)N1CCC2(CC1)COc1ccccc1S(=O)(=O)N(CC(C)=O)C2. The zero-order valence-electron chi connectivity index (χ0n) is 15.6. The zero-order valence-corrected chi connectivity index (χ0v) is 16.4. The molecule has 2 amide bonds. The van der Waals surface area contributed by atoms with Gasteiger partial charge in [0.1, 0.15) is 16.4 Å². The Morgan fingerprint density at radius 3 is 2.52 bits per heavy atom. The van der Waals surface area contributed by atoms with E-state index < -0.39 is 15.4 Å². The molecule has 1 fully saturated rings. The van der Waals surface area contributed by atoms with Crippen molar-refractivity contribution in [2.45, 2.75) is 24.7 Å². The van der Waals surface area contributed by atoms with Gasteiger partial charge in [-0.15, -0.1) is 0 Å². The van der Waals surface area contributed by atoms with Gasteiger partial charge in [0.2, 0.25) is 10.0 Å². The van der Waals surface area contributed by atoms with Gasteiger partial charge in [0, 0.05) is 32.1 Å². The molecule has 1 saturated heterocycles. The Labute approximate surface area is 159 Å². The van der Waals surface area contributed by atoms with Crippen LogP contribution in [0, 0.1) is 5.41 Å². The van der Waals surface area contributed by atoms with Crippen molar-refractivity contribution in [2.75, 3.05) is 39.8 Å². The van der Waals surface area contributed by atoms with Crippen LogP contribution in [-0.4, -0.2) is 69.3 Å². The Hall–Kier alpha value is -2.13. The minimum Gasteiger partial charge on any atom is -0.492 e. The summed E-state index contributed by atoms with van der Waals surface area (Å²) in [7, 11) is -2.27. The van der Waals surface area contributed by atoms with Gasteiger partial charge < -0.3 is 15.0 Å². The second-order valence-corrected chi connectivity index (χ2v) is 9.16. The lowest BCUT2D eigenvalue weighted by molar-refractivity contribution is -0.117. The van der Waals surface area contributed by atoms with Crippen molar-refractivity contribution in [1.29, 1.82) is 0 Å². The highest BCUT2D eigenvalue weighted by molar-refractivity contribution is 7.89. The molecule has 2 aliphatic rings. The number of rotatable bonds is 2. The minimum atomic E-state index is -3.85. The highest BCUT2D eigenvalue weighted by Crippen LogP contribution is 2.39. The molecule has 2 heterocycles. The van der Waals surface area contributed by atoms with Crippen LogP contribution in [0.4, 0.5) is 4.79 Å². The first-order chi connectivity index (χ1) is 12.8. The molecule has 0 radical (unpaired) electrons. The smallest absolute Gasteiger partial charge is 0.317 e. The van der Waals surface area contributed by atoms with E-state index in [0.717, 1.165) is 0 Å². The molecule has 1 spiro atoms. The van der Waals surface area contributed by atoms with Gasteiger partial charge in [0.05, 0.1) is 13.2 Å². The van der Waals surface area contributed by atoms with Crippen LogP contribution in [0.1, 0.15) is 19.8 Å². The molecule has 0 bridgehead atoms. The number of para-hydroxylation sites is 1. The number of carbonyl (C=O) groups excluding carboxylic acids is 2. The van der Waals surface area contributed by atoms with Crippen LogP contribution in [-0.2, 0) is 14.8 Å². The first kappa shape index (κ1) is 19.6. The van der Waals surface area contributed by atoms with Crippen LogP contribution < -0.4 is 10.1 Å². The third kappa shape index (κ3) is 3.93. The van der Waals surface area contributed by atoms with E-state index in [2.05, 4.69) is 5.32 Å². The molecular formula is C18H25N3O5S. The van der Waals surface area contributed by atoms with Crippen LogP contribution >= 0.6 is 0 Å². The van der Waals surface area contributed by atoms with E-state index in [9.17, 15) is 18.0 Å². The van der Waals surface area contributed by atoms with Gasteiger partial charge >= 0.3 is 6.03 Å². The molecule has 1 aromatic carbocycles. The first-order valence-corrected chi connectivity index (χ1v) is 10.4. The minimum absolute atomic E-state index is 0.0869. The second kappa shape index (κ2) is 7.47. The number of ether oxygens (including phenoxy) is 1. The maximum atomic E-state index is 13.2. The van der Waals surface area contributed by atoms with Gasteiger partial charge in [-0.2, -0.15) is 4.31 Å². The van der Waals surface area contributed by atoms with Crippen molar-refractivity contribution >= 4 is 21.8 Å². The number of nitrogens with zero attached hydrogens (tertiary/aromatic N) is 2. The fourth-order valence-electron chi connectivity index (χ4n) is 3.69. The summed E-state index contributed by atoms with van der Waals surface area (Å²) in [6, 6.07) is 6.37. The number of benzene rings is 1. The lowest BCUT2D eigenvalue weighted by Gasteiger charge is -2.44. The molecule has 0 aromatic heterocycles. The summed E-state index contributed by atoms with van der Waals surface area (Å²) in [6.45, 7) is 2.78. The van der Waals surface area contributed by atoms with E-state index in [1.807, 2.05) is 0 Å². The quantitative estimate of drug-likeness (QED) is 0.808. The molecule has 3 rings (SSSR count). The number of hydrogen-bond acceptors (Lipinski definition) is 5. The summed E-state index contributed by atoms with van der Waals surface area (Å²) in [4.78, 5) is 25.4. The number of likely N-dealkylation sites (tertiary alicyclic amines) is 1. The van der Waals surface area contributed by atoms with Gasteiger partial charge in [-0.1, -0.05) is 12.1 Å². The summed E-state index contributed by atoms with van der Waals surface area (Å²) in [5, 5.41) is 2.61. The van der Waals surface area contributed by atoms with Crippen LogP contribution in [0.25, 0.3) is 0 Å². The van der Waals surface area contributed by atoms with Crippen LogP contribution in [0.2, 0.25) is 0 Å². The van der Waals surface area contributed by atoms with Gasteiger partial charge in [0.15, 0.2) is 0 Å². The molecule has 0 aliphatic carbocycles. The largest absolute Gasteiger partial charge is 0.492 e. The van der Waals surface area contributed by atoms with Gasteiger partial charge in [-0.3, -0.25) is 4.79 Å². The second-order valence-electron chi connectivity index (χ2n) is 7.25. The molecule has 2 aliphatic heterocycles. The molecule has 148 valence electrons. The number of nitrogens with one attached hydrogen (secondary N) is 1. The van der Waals surface area contributed by atoms with Crippen molar-refractivity contribution in [3.05, 3.63) is 24.3 Å². The van der Waals surface area contributed by atoms with Gasteiger partial charge in [-0.25, -0.2) is 13.2 Å². The fourth-order valence-corrected chi connectivity index (χ4v) is 5.40. The topological polar surface area (TPSA) is 96.0 Å². The Balaban J connectivity index is 1.94. The normalized spacial score (nSPS) is 21.5. The van der Waals surface area contributed by atoms with E-state index in [4.69, 9.17) is 4.74 Å². The first-order valence-electron chi connectivity index (χ1n) is 8.95. The molecule has 0 saturated carbocycles. The molecule has 1 N–H and O–H groups in total. The van der Waals surface area contributed by atoms with E-state index >= 15 is 0 Å². The monoisotopic (exact) mass is 395 g/mol. The fraction of sp³-hybridized carbons (Fsp3) is 0.556. The summed E-state index contributed by atoms with van der Waals surface area (Å²) in [5.74, 6) is 0.0920. The standard InChI is InChI=1S/C18H25N3O5S/c1-14(22)11-21-12-18(7-9-20(10-8-18)17(23)19-2)13-26-15-5-3-4-6-16(15)27(21,24)25/h3-6H,7-13H2,1-2H3,(H,19,23). The molecule has 1 aromatic rings. The number of Topliss-reactive ketones (excluding diaryl/α,β-unsaturated/α-hetero) is 1. The average molecular weight is 395 g/mol. The van der Waals surface area contributed by atoms with E-state index in [1.54, 1.807) is 30.1 Å². The number of sulfonamides is 1. The Kier molecular flexibility index (Phi) is 5.43. The van der Waals surface area contributed by atoms with Crippen molar-refractivity contribution in [1.82, 2.24) is 14.5 Å². The van der Waals surface area contributed by atoms with Crippen molar-refractivity contribution < 1.29 is 22.7 Å². The third-order valence-corrected chi connectivity index (χ3v) is 7.07. The summed E-state index contributed by atoms with van der Waals surface area (Å²) in [6.07, 6.45) is 1.21. The van der Waals surface area contributed by atoms with E-state index in [1.165, 1.54) is 17.3 Å². The predicted octanol–water partition coefficient (Wildman–Crippen LogP) is 1.08. The molecular weight excluding hydrogens is 370 g/mol. The molecule has 9 heteroatoms. The Morgan fingerprint density at radius 2 is 1.89 bits per heavy atom. The van der Waals surface area contributed by atoms with Crippen LogP contribution in [0.5, 0.6) is 5.75 Å². The number of urea groups is 1. The van der Waals surface area contributed by atoms with E-state index in [0.29, 0.717) is 38.3 Å². The number of ketones is 1. The number of carbonyl (C=O) groups is 2. The van der Waals surface area contributed by atoms with Gasteiger partial charge in [-0.05, 0) is 31.9 Å². The maximum Gasteiger partial charge on any atom is 0.317 e. The maximum absolute atomic E-state index is 13.2. The summed E-state index contributed by atoms with van der Waals surface area (Å²) >= 11 is 0. The lowest BCUT2D eigenvalue weighted by Crippen LogP contribution is -2.54. The van der Waals surface area contributed by atoms with Crippen molar-refractivity contribution in [2.24, 2.45) is 5.41 Å². The number of piperidine rings is 1. The van der Waals surface area contributed by atoms with E-state index in [-0.39, 0.29) is 29.8 Å². The highest BCUT2D eigenvalue weighted by Gasteiger charge is 2.43. The molecule has 27 heavy (non-hydrogen) atoms. The molecule has 8 nitrogen and oxygen atoms in total. The Morgan fingerprint density at radius 1 is 1.22 bits per heavy atom. The average Bonchev–Trinajstić information content (AvgIpc) is 2.65. The van der Waals surface area contributed by atoms with Crippen molar-refractivity contribution in [3.63, 3.8) is 0 Å². The number of hydrogen-bond donors (Lipinski definition) is 1.